The van der Waals surface area contributed by atoms with E-state index in [-0.39, 0.29) is 25.5 Å². The molecule has 0 saturated heterocycles. The molecule has 0 unspecified atom stereocenters. The predicted octanol–water partition coefficient (Wildman–Crippen LogP) is 5.12. The van der Waals surface area contributed by atoms with Crippen LogP contribution in [0, 0.1) is 0 Å². The number of rotatable bonds is 16. The first-order valence-electron chi connectivity index (χ1n) is 14.3. The minimum atomic E-state index is -4.92. The van der Waals surface area contributed by atoms with Crippen molar-refractivity contribution in [1.82, 2.24) is 10.6 Å². The maximum Gasteiger partial charge on any atom is 0.471 e. The fourth-order valence-corrected chi connectivity index (χ4v) is 4.76. The number of alkyl halides is 3. The van der Waals surface area contributed by atoms with E-state index in [1.165, 1.54) is 0 Å². The van der Waals surface area contributed by atoms with Gasteiger partial charge in [0.1, 0.15) is 17.1 Å². The van der Waals surface area contributed by atoms with Gasteiger partial charge in [0, 0.05) is 13.0 Å². The van der Waals surface area contributed by atoms with Crippen LogP contribution < -0.4 is 20.1 Å². The molecule has 3 aromatic carbocycles. The Bertz CT molecular complexity index is 1270. The van der Waals surface area contributed by atoms with Crippen LogP contribution in [0.1, 0.15) is 49.3 Å². The van der Waals surface area contributed by atoms with Gasteiger partial charge in [-0.15, -0.1) is 0 Å². The molecule has 44 heavy (non-hydrogen) atoms. The van der Waals surface area contributed by atoms with Crippen LogP contribution in [-0.4, -0.2) is 62.6 Å². The van der Waals surface area contributed by atoms with E-state index in [1.807, 2.05) is 84.2 Å². The molecule has 0 aliphatic heterocycles. The van der Waals surface area contributed by atoms with Crippen LogP contribution in [-0.2, 0) is 19.9 Å². The van der Waals surface area contributed by atoms with Gasteiger partial charge in [-0.1, -0.05) is 61.0 Å². The molecule has 0 aromatic heterocycles. The molecular weight excluding hydrogens is 577 g/mol. The first-order chi connectivity index (χ1) is 21.0. The van der Waals surface area contributed by atoms with Crippen molar-refractivity contribution >= 4 is 11.8 Å². The van der Waals surface area contributed by atoms with E-state index in [0.29, 0.717) is 30.8 Å². The van der Waals surface area contributed by atoms with E-state index in [0.717, 1.165) is 16.7 Å². The molecule has 0 spiro atoms. The maximum absolute atomic E-state index is 12.8. The Morgan fingerprint density at radius 2 is 1.32 bits per heavy atom. The number of benzene rings is 3. The van der Waals surface area contributed by atoms with Gasteiger partial charge in [0.25, 0.3) is 0 Å². The number of hydrogen-bond acceptors (Lipinski definition) is 6. The second-order valence-electron chi connectivity index (χ2n) is 10.3. The van der Waals surface area contributed by atoms with Crippen LogP contribution in [0.5, 0.6) is 11.5 Å². The lowest BCUT2D eigenvalue weighted by Gasteiger charge is -2.37. The molecule has 3 N–H and O–H groups in total. The van der Waals surface area contributed by atoms with Crippen molar-refractivity contribution in [3.63, 3.8) is 0 Å². The molecule has 0 aliphatic carbocycles. The smallest absolute Gasteiger partial charge is 0.471 e. The SMILES string of the molecule is COc1ccc(C(OC[C@@H](NC(=O)CCCCCNC(=O)C(F)(F)F)[C@@H](C)O)(c2ccccc2)c2ccc(OC)cc2)cc1. The third kappa shape index (κ3) is 9.20. The first-order valence-corrected chi connectivity index (χ1v) is 14.3. The third-order valence-electron chi connectivity index (χ3n) is 7.21. The second kappa shape index (κ2) is 16.1. The summed E-state index contributed by atoms with van der Waals surface area (Å²) in [5.41, 5.74) is 1.27. The molecule has 0 heterocycles. The van der Waals surface area contributed by atoms with E-state index in [1.54, 1.807) is 21.1 Å². The zero-order chi connectivity index (χ0) is 32.2. The maximum atomic E-state index is 12.8. The van der Waals surface area contributed by atoms with Gasteiger partial charge < -0.3 is 30.0 Å². The van der Waals surface area contributed by atoms with Gasteiger partial charge in [0.05, 0.1) is 33.0 Å². The van der Waals surface area contributed by atoms with Crippen LogP contribution >= 0.6 is 0 Å². The fraction of sp³-hybridized carbons (Fsp3) is 0.394. The Morgan fingerprint density at radius 3 is 1.80 bits per heavy atom. The van der Waals surface area contributed by atoms with Crippen LogP contribution in [0.15, 0.2) is 78.9 Å². The minimum absolute atomic E-state index is 0.0557. The quantitative estimate of drug-likeness (QED) is 0.153. The number of hydrogen-bond donors (Lipinski definition) is 3. The summed E-state index contributed by atoms with van der Waals surface area (Å²) in [6, 6.07) is 23.8. The summed E-state index contributed by atoms with van der Waals surface area (Å²) in [7, 11) is 3.17. The fourth-order valence-electron chi connectivity index (χ4n) is 4.76. The summed E-state index contributed by atoms with van der Waals surface area (Å²) in [5.74, 6) is -0.978. The summed E-state index contributed by atoms with van der Waals surface area (Å²) in [5, 5.41) is 15.3. The van der Waals surface area contributed by atoms with Crippen molar-refractivity contribution in [2.45, 2.75) is 56.5 Å². The largest absolute Gasteiger partial charge is 0.497 e. The Balaban J connectivity index is 1.79. The molecule has 0 saturated carbocycles. The Hall–Kier alpha value is -4.09. The number of carbonyl (C=O) groups excluding carboxylic acids is 2. The molecule has 0 fully saturated rings. The van der Waals surface area contributed by atoms with Crippen molar-refractivity contribution in [2.75, 3.05) is 27.4 Å². The monoisotopic (exact) mass is 616 g/mol. The highest BCUT2D eigenvalue weighted by atomic mass is 19.4. The highest BCUT2D eigenvalue weighted by molar-refractivity contribution is 5.81. The summed E-state index contributed by atoms with van der Waals surface area (Å²) < 4.78 is 54.4. The average Bonchev–Trinajstić information content (AvgIpc) is 3.02. The van der Waals surface area contributed by atoms with Gasteiger partial charge >= 0.3 is 12.1 Å². The first kappa shape index (κ1) is 34.4. The van der Waals surface area contributed by atoms with Crippen LogP contribution in [0.25, 0.3) is 0 Å². The summed E-state index contributed by atoms with van der Waals surface area (Å²) >= 11 is 0. The number of methoxy groups -OCH3 is 2. The lowest BCUT2D eigenvalue weighted by atomic mass is 9.80. The number of aliphatic hydroxyl groups is 1. The second-order valence-corrected chi connectivity index (χ2v) is 10.3. The number of amides is 2. The normalized spacial score (nSPS) is 13.1. The van der Waals surface area contributed by atoms with Crippen molar-refractivity contribution in [3.05, 3.63) is 95.6 Å². The standard InChI is InChI=1S/C33H39F3N2O6/c1-23(39)29(38-30(40)12-8-5-9-21-37-31(41)33(34,35)36)22-44-32(24-10-6-4-7-11-24,25-13-17-27(42-2)18-14-25)26-15-19-28(43-3)20-16-26/h4,6-7,10-11,13-20,23,29,39H,5,8-9,12,21-22H2,1-3H3,(H,37,41)(H,38,40)/t23-,29-/m1/s1. The van der Waals surface area contributed by atoms with E-state index >= 15 is 0 Å². The molecule has 2 atom stereocenters. The molecular formula is C33H39F3N2O6. The molecule has 3 aromatic rings. The molecule has 0 aliphatic rings. The molecule has 2 amide bonds. The van der Waals surface area contributed by atoms with Crippen LogP contribution in [0.4, 0.5) is 13.2 Å². The van der Waals surface area contributed by atoms with E-state index in [2.05, 4.69) is 5.32 Å². The van der Waals surface area contributed by atoms with Crippen LogP contribution in [0.2, 0.25) is 0 Å². The zero-order valence-electron chi connectivity index (χ0n) is 25.0. The van der Waals surface area contributed by atoms with Gasteiger partial charge in [-0.05, 0) is 60.7 Å². The van der Waals surface area contributed by atoms with Gasteiger partial charge in [-0.2, -0.15) is 13.2 Å². The molecule has 0 radical (unpaired) electrons. The zero-order valence-corrected chi connectivity index (χ0v) is 25.0. The summed E-state index contributed by atoms with van der Waals surface area (Å²) in [4.78, 5) is 23.7. The van der Waals surface area contributed by atoms with E-state index < -0.39 is 29.8 Å². The number of aliphatic hydroxyl groups excluding tert-OH is 1. The summed E-state index contributed by atoms with van der Waals surface area (Å²) in [6.07, 6.45) is -4.66. The van der Waals surface area contributed by atoms with E-state index in [9.17, 15) is 27.9 Å². The van der Waals surface area contributed by atoms with Crippen molar-refractivity contribution in [2.24, 2.45) is 0 Å². The number of nitrogens with one attached hydrogen (secondary N) is 2. The lowest BCUT2D eigenvalue weighted by molar-refractivity contribution is -0.173. The van der Waals surface area contributed by atoms with Gasteiger partial charge in [0.2, 0.25) is 5.91 Å². The number of carbonyl (C=O) groups is 2. The third-order valence-corrected chi connectivity index (χ3v) is 7.21. The Kier molecular flexibility index (Phi) is 12.6. The molecule has 238 valence electrons. The minimum Gasteiger partial charge on any atom is -0.497 e. The van der Waals surface area contributed by atoms with Gasteiger partial charge in [-0.3, -0.25) is 9.59 Å². The molecule has 8 nitrogen and oxygen atoms in total. The highest BCUT2D eigenvalue weighted by Gasteiger charge is 2.39. The Labute approximate surface area is 255 Å². The number of halogens is 3. The molecule has 11 heteroatoms. The van der Waals surface area contributed by atoms with E-state index in [4.69, 9.17) is 14.2 Å². The average molecular weight is 617 g/mol. The lowest BCUT2D eigenvalue weighted by Crippen LogP contribution is -2.47. The van der Waals surface area contributed by atoms with Gasteiger partial charge in [-0.25, -0.2) is 0 Å². The molecule has 3 rings (SSSR count). The van der Waals surface area contributed by atoms with Crippen molar-refractivity contribution in [3.8, 4) is 11.5 Å². The van der Waals surface area contributed by atoms with Crippen molar-refractivity contribution < 1.29 is 42.1 Å². The summed E-state index contributed by atoms with van der Waals surface area (Å²) in [6.45, 7) is 1.37. The predicted molar refractivity (Wildman–Crippen MR) is 159 cm³/mol. The number of ether oxygens (including phenoxy) is 3. The van der Waals surface area contributed by atoms with Gasteiger partial charge in [0.15, 0.2) is 0 Å². The highest BCUT2D eigenvalue weighted by Crippen LogP contribution is 2.41. The Morgan fingerprint density at radius 1 is 0.795 bits per heavy atom. The number of unbranched alkanes of at least 4 members (excludes halogenated alkanes) is 2. The topological polar surface area (TPSA) is 106 Å². The van der Waals surface area contributed by atoms with Crippen LogP contribution in [0.3, 0.4) is 0 Å². The molecule has 0 bridgehead atoms. The van der Waals surface area contributed by atoms with Crippen molar-refractivity contribution in [1.29, 1.82) is 0 Å².